The number of thioether (sulfide) groups is 1. The molecule has 0 amide bonds. The second kappa shape index (κ2) is 3.75. The van der Waals surface area contributed by atoms with Crippen LogP contribution < -0.4 is 0 Å². The Kier molecular flexibility index (Phi) is 2.63. The maximum Gasteiger partial charge on any atom is 0.0325 e. The molecule has 1 aromatic carbocycles. The van der Waals surface area contributed by atoms with Gasteiger partial charge in [-0.15, -0.1) is 0 Å². The molecule has 0 aliphatic carbocycles. The monoisotopic (exact) mass is 192 g/mol. The van der Waals surface area contributed by atoms with Crippen molar-refractivity contribution in [2.45, 2.75) is 19.1 Å². The van der Waals surface area contributed by atoms with Crippen molar-refractivity contribution < 1.29 is 0 Å². The maximum absolute atomic E-state index is 2.38. The van der Waals surface area contributed by atoms with Crippen molar-refractivity contribution in [3.63, 3.8) is 0 Å². The molecule has 1 fully saturated rings. The molecule has 0 spiro atoms. The van der Waals surface area contributed by atoms with E-state index in [4.69, 9.17) is 0 Å². The summed E-state index contributed by atoms with van der Waals surface area (Å²) in [5.41, 5.74) is 1.50. The van der Waals surface area contributed by atoms with Crippen LogP contribution >= 0.6 is 11.8 Å². The summed E-state index contributed by atoms with van der Waals surface area (Å²) in [5, 5.41) is 0.733. The summed E-state index contributed by atoms with van der Waals surface area (Å²) in [6.45, 7) is 4.74. The van der Waals surface area contributed by atoms with Gasteiger partial charge in [-0.25, -0.2) is 0 Å². The Hall–Kier alpha value is -0.430. The second-order valence-electron chi connectivity index (χ2n) is 4.00. The summed E-state index contributed by atoms with van der Waals surface area (Å²) in [4.78, 5) is 0. The highest BCUT2D eigenvalue weighted by Crippen LogP contribution is 2.47. The van der Waals surface area contributed by atoms with Crippen LogP contribution in [-0.4, -0.2) is 5.75 Å². The van der Waals surface area contributed by atoms with E-state index in [0.29, 0.717) is 0 Å². The first-order chi connectivity index (χ1) is 6.29. The van der Waals surface area contributed by atoms with E-state index >= 15 is 0 Å². The van der Waals surface area contributed by atoms with Gasteiger partial charge in [0.25, 0.3) is 0 Å². The zero-order chi connectivity index (χ0) is 9.26. The lowest BCUT2D eigenvalue weighted by Crippen LogP contribution is -2.07. The predicted octanol–water partition coefficient (Wildman–Crippen LogP) is 3.75. The number of hydrogen-bond acceptors (Lipinski definition) is 1. The van der Waals surface area contributed by atoms with Crippen molar-refractivity contribution in [2.24, 2.45) is 11.8 Å². The molecule has 1 aliphatic rings. The quantitative estimate of drug-likeness (QED) is 0.653. The zero-order valence-electron chi connectivity index (χ0n) is 8.23. The Morgan fingerprint density at radius 1 is 1.15 bits per heavy atom. The van der Waals surface area contributed by atoms with Crippen LogP contribution in [0.4, 0.5) is 0 Å². The topological polar surface area (TPSA) is 0 Å². The third-order valence-corrected chi connectivity index (χ3v) is 4.82. The summed E-state index contributed by atoms with van der Waals surface area (Å²) in [6.07, 6.45) is 0. The van der Waals surface area contributed by atoms with Gasteiger partial charge in [0.2, 0.25) is 0 Å². The molecular formula is C12H16S. The first-order valence-corrected chi connectivity index (χ1v) is 6.00. The van der Waals surface area contributed by atoms with E-state index in [1.165, 1.54) is 11.3 Å². The Labute approximate surface area is 84.7 Å². The van der Waals surface area contributed by atoms with Crippen molar-refractivity contribution >= 4 is 11.8 Å². The molecule has 1 heteroatoms. The van der Waals surface area contributed by atoms with Crippen LogP contribution in [0.1, 0.15) is 24.7 Å². The predicted molar refractivity (Wildman–Crippen MR) is 60.0 cm³/mol. The molecule has 0 radical (unpaired) electrons. The highest BCUT2D eigenvalue weighted by Gasteiger charge is 2.31. The van der Waals surface area contributed by atoms with Gasteiger partial charge in [0.15, 0.2) is 0 Å². The molecule has 0 N–H and O–H groups in total. The molecule has 2 rings (SSSR count). The van der Waals surface area contributed by atoms with E-state index in [0.717, 1.165) is 17.1 Å². The summed E-state index contributed by atoms with van der Waals surface area (Å²) in [7, 11) is 0. The molecule has 1 aromatic rings. The molecule has 13 heavy (non-hydrogen) atoms. The van der Waals surface area contributed by atoms with E-state index < -0.39 is 0 Å². The van der Waals surface area contributed by atoms with E-state index in [-0.39, 0.29) is 0 Å². The summed E-state index contributed by atoms with van der Waals surface area (Å²) >= 11 is 2.11. The van der Waals surface area contributed by atoms with Crippen molar-refractivity contribution in [2.75, 3.05) is 5.75 Å². The Morgan fingerprint density at radius 2 is 1.85 bits per heavy atom. The third-order valence-electron chi connectivity index (χ3n) is 3.04. The highest BCUT2D eigenvalue weighted by atomic mass is 32.2. The van der Waals surface area contributed by atoms with Gasteiger partial charge in [-0.1, -0.05) is 44.2 Å². The van der Waals surface area contributed by atoms with Crippen LogP contribution in [0.3, 0.4) is 0 Å². The van der Waals surface area contributed by atoms with Gasteiger partial charge in [0.05, 0.1) is 0 Å². The van der Waals surface area contributed by atoms with Crippen molar-refractivity contribution in [3.8, 4) is 0 Å². The zero-order valence-corrected chi connectivity index (χ0v) is 9.05. The van der Waals surface area contributed by atoms with Gasteiger partial charge in [0.1, 0.15) is 0 Å². The molecular weight excluding hydrogens is 176 g/mol. The smallest absolute Gasteiger partial charge is 0.0325 e. The molecule has 1 aliphatic heterocycles. The lowest BCUT2D eigenvalue weighted by Gasteiger charge is -2.16. The fraction of sp³-hybridized carbons (Fsp3) is 0.500. The molecule has 3 unspecified atom stereocenters. The minimum Gasteiger partial charge on any atom is -0.153 e. The van der Waals surface area contributed by atoms with Crippen molar-refractivity contribution in [1.82, 2.24) is 0 Å². The Bertz CT molecular complexity index is 268. The number of hydrogen-bond donors (Lipinski definition) is 0. The van der Waals surface area contributed by atoms with E-state index in [1.54, 1.807) is 0 Å². The van der Waals surface area contributed by atoms with E-state index in [2.05, 4.69) is 55.9 Å². The Balaban J connectivity index is 2.19. The first kappa shape index (κ1) is 9.14. The third kappa shape index (κ3) is 1.76. The van der Waals surface area contributed by atoms with Crippen LogP contribution in [0.15, 0.2) is 30.3 Å². The second-order valence-corrected chi connectivity index (χ2v) is 5.18. The van der Waals surface area contributed by atoms with Crippen molar-refractivity contribution in [1.29, 1.82) is 0 Å². The average molecular weight is 192 g/mol. The molecule has 0 bridgehead atoms. The summed E-state index contributed by atoms with van der Waals surface area (Å²) in [6, 6.07) is 10.9. The minimum atomic E-state index is 0.733. The Morgan fingerprint density at radius 3 is 2.38 bits per heavy atom. The lowest BCUT2D eigenvalue weighted by atomic mass is 9.91. The SMILES string of the molecule is CC1CSC(c2ccccc2)C1C. The maximum atomic E-state index is 2.38. The van der Waals surface area contributed by atoms with Crippen molar-refractivity contribution in [3.05, 3.63) is 35.9 Å². The minimum absolute atomic E-state index is 0.733. The van der Waals surface area contributed by atoms with Crippen LogP contribution in [0.25, 0.3) is 0 Å². The van der Waals surface area contributed by atoms with E-state index in [1.807, 2.05) is 0 Å². The first-order valence-electron chi connectivity index (χ1n) is 4.95. The fourth-order valence-electron chi connectivity index (χ4n) is 1.90. The molecule has 70 valence electrons. The van der Waals surface area contributed by atoms with Gasteiger partial charge in [-0.3, -0.25) is 0 Å². The van der Waals surface area contributed by atoms with Gasteiger partial charge in [0, 0.05) is 5.25 Å². The molecule has 1 heterocycles. The number of benzene rings is 1. The number of rotatable bonds is 1. The van der Waals surface area contributed by atoms with Crippen LogP contribution in [0.2, 0.25) is 0 Å². The molecule has 0 nitrogen and oxygen atoms in total. The van der Waals surface area contributed by atoms with Gasteiger partial charge in [-0.05, 0) is 23.2 Å². The molecule has 3 atom stereocenters. The molecule has 0 aromatic heterocycles. The van der Waals surface area contributed by atoms with E-state index in [9.17, 15) is 0 Å². The largest absolute Gasteiger partial charge is 0.153 e. The van der Waals surface area contributed by atoms with Crippen LogP contribution in [0.5, 0.6) is 0 Å². The normalized spacial score (nSPS) is 33.5. The molecule has 0 saturated carbocycles. The summed E-state index contributed by atoms with van der Waals surface area (Å²) < 4.78 is 0. The van der Waals surface area contributed by atoms with Gasteiger partial charge < -0.3 is 0 Å². The highest BCUT2D eigenvalue weighted by molar-refractivity contribution is 7.99. The van der Waals surface area contributed by atoms with Gasteiger partial charge in [-0.2, -0.15) is 11.8 Å². The van der Waals surface area contributed by atoms with Gasteiger partial charge >= 0.3 is 0 Å². The van der Waals surface area contributed by atoms with Crippen LogP contribution in [-0.2, 0) is 0 Å². The van der Waals surface area contributed by atoms with Crippen LogP contribution in [0, 0.1) is 11.8 Å². The summed E-state index contributed by atoms with van der Waals surface area (Å²) in [5.74, 6) is 3.02. The fourth-order valence-corrected chi connectivity index (χ4v) is 3.64. The molecule has 1 saturated heterocycles. The standard InChI is InChI=1S/C12H16S/c1-9-8-13-12(10(9)2)11-6-4-3-5-7-11/h3-7,9-10,12H,8H2,1-2H3. The average Bonchev–Trinajstić information content (AvgIpc) is 2.49. The lowest BCUT2D eigenvalue weighted by molar-refractivity contribution is 0.442.